The van der Waals surface area contributed by atoms with Crippen LogP contribution in [0.25, 0.3) is 0 Å². The van der Waals surface area contributed by atoms with Crippen molar-refractivity contribution < 1.29 is 17.9 Å². The number of rotatable bonds is 8. The van der Waals surface area contributed by atoms with E-state index < -0.39 is 10.0 Å². The summed E-state index contributed by atoms with van der Waals surface area (Å²) in [5, 5.41) is 2.96. The third kappa shape index (κ3) is 5.24. The maximum absolute atomic E-state index is 12.8. The molecular formula is C24H26N2O4S. The largest absolute Gasteiger partial charge is 0.494 e. The first-order valence-electron chi connectivity index (χ1n) is 10.0. The van der Waals surface area contributed by atoms with E-state index in [0.717, 1.165) is 11.3 Å². The van der Waals surface area contributed by atoms with Gasteiger partial charge in [-0.3, -0.25) is 9.10 Å². The molecule has 0 unspecified atom stereocenters. The second kappa shape index (κ2) is 9.66. The second-order valence-electron chi connectivity index (χ2n) is 7.03. The minimum absolute atomic E-state index is 0.191. The Bertz CT molecular complexity index is 1110. The molecule has 6 nitrogen and oxygen atoms in total. The van der Waals surface area contributed by atoms with Gasteiger partial charge in [-0.15, -0.1) is 0 Å². The van der Waals surface area contributed by atoms with Gasteiger partial charge in [-0.25, -0.2) is 8.42 Å². The van der Waals surface area contributed by atoms with Gasteiger partial charge in [-0.1, -0.05) is 30.3 Å². The number of nitrogens with one attached hydrogen (secondary N) is 1. The molecule has 3 aromatic rings. The van der Waals surface area contributed by atoms with Crippen LogP contribution in [-0.2, 0) is 10.0 Å². The van der Waals surface area contributed by atoms with E-state index in [-0.39, 0.29) is 16.8 Å². The van der Waals surface area contributed by atoms with Gasteiger partial charge in [0.2, 0.25) is 0 Å². The standard InChI is InChI=1S/C24H26N2O4S/c1-4-30-22-16-12-19(13-17-22)18(2)25-24(27)20-10-14-21(15-11-20)26(3)31(28,29)23-8-6-5-7-9-23/h5-18H,4H2,1-3H3,(H,25,27)/t18-/m0/s1. The van der Waals surface area contributed by atoms with Crippen LogP contribution in [0, 0.1) is 0 Å². The quantitative estimate of drug-likeness (QED) is 0.566. The molecule has 0 heterocycles. The summed E-state index contributed by atoms with van der Waals surface area (Å²) >= 11 is 0. The Balaban J connectivity index is 1.68. The predicted molar refractivity (Wildman–Crippen MR) is 122 cm³/mol. The highest BCUT2D eigenvalue weighted by Crippen LogP contribution is 2.23. The first-order valence-corrected chi connectivity index (χ1v) is 11.4. The zero-order valence-corrected chi connectivity index (χ0v) is 18.6. The molecule has 0 aliphatic carbocycles. The maximum Gasteiger partial charge on any atom is 0.264 e. The molecule has 1 N–H and O–H groups in total. The van der Waals surface area contributed by atoms with Gasteiger partial charge >= 0.3 is 0 Å². The normalized spacial score (nSPS) is 12.1. The average Bonchev–Trinajstić information content (AvgIpc) is 2.80. The number of hydrogen-bond acceptors (Lipinski definition) is 4. The third-order valence-electron chi connectivity index (χ3n) is 4.93. The average molecular weight is 439 g/mol. The van der Waals surface area contributed by atoms with E-state index in [1.807, 2.05) is 38.1 Å². The molecule has 0 aliphatic heterocycles. The number of anilines is 1. The lowest BCUT2D eigenvalue weighted by Gasteiger charge is -2.20. The van der Waals surface area contributed by atoms with Gasteiger partial charge in [0.25, 0.3) is 15.9 Å². The summed E-state index contributed by atoms with van der Waals surface area (Å²) in [6.07, 6.45) is 0. The Kier molecular flexibility index (Phi) is 6.97. The molecule has 0 spiro atoms. The number of hydrogen-bond donors (Lipinski definition) is 1. The summed E-state index contributed by atoms with van der Waals surface area (Å²) in [5.41, 5.74) is 1.88. The van der Waals surface area contributed by atoms with E-state index in [1.54, 1.807) is 54.6 Å². The molecule has 162 valence electrons. The van der Waals surface area contributed by atoms with Crippen molar-refractivity contribution in [1.82, 2.24) is 5.32 Å². The van der Waals surface area contributed by atoms with Crippen LogP contribution in [0.1, 0.15) is 35.8 Å². The minimum Gasteiger partial charge on any atom is -0.494 e. The smallest absolute Gasteiger partial charge is 0.264 e. The van der Waals surface area contributed by atoms with Crippen LogP contribution in [-0.4, -0.2) is 28.0 Å². The highest BCUT2D eigenvalue weighted by Gasteiger charge is 2.21. The Morgan fingerprint density at radius 2 is 1.58 bits per heavy atom. The van der Waals surface area contributed by atoms with Gasteiger partial charge in [0.1, 0.15) is 5.75 Å². The van der Waals surface area contributed by atoms with Gasteiger partial charge in [0.15, 0.2) is 0 Å². The number of ether oxygens (including phenoxy) is 1. The number of sulfonamides is 1. The second-order valence-corrected chi connectivity index (χ2v) is 9.00. The molecular weight excluding hydrogens is 412 g/mol. The van der Waals surface area contributed by atoms with Crippen molar-refractivity contribution in [3.63, 3.8) is 0 Å². The molecule has 31 heavy (non-hydrogen) atoms. The molecule has 0 saturated heterocycles. The first kappa shape index (κ1) is 22.4. The van der Waals surface area contributed by atoms with E-state index >= 15 is 0 Å². The van der Waals surface area contributed by atoms with Crippen LogP contribution in [0.15, 0.2) is 83.8 Å². The maximum atomic E-state index is 12.8. The lowest BCUT2D eigenvalue weighted by Crippen LogP contribution is -2.28. The van der Waals surface area contributed by atoms with Crippen molar-refractivity contribution in [3.05, 3.63) is 90.0 Å². The van der Waals surface area contributed by atoms with E-state index in [1.165, 1.54) is 11.4 Å². The summed E-state index contributed by atoms with van der Waals surface area (Å²) in [6.45, 7) is 4.43. The summed E-state index contributed by atoms with van der Waals surface area (Å²) in [7, 11) is -2.17. The molecule has 0 bridgehead atoms. The van der Waals surface area contributed by atoms with Crippen LogP contribution in [0.5, 0.6) is 5.75 Å². The van der Waals surface area contributed by atoms with Crippen molar-refractivity contribution in [2.45, 2.75) is 24.8 Å². The van der Waals surface area contributed by atoms with E-state index in [2.05, 4.69) is 5.32 Å². The Hall–Kier alpha value is -3.32. The fourth-order valence-electron chi connectivity index (χ4n) is 3.09. The molecule has 3 aromatic carbocycles. The Labute approximate surface area is 183 Å². The van der Waals surface area contributed by atoms with Crippen LogP contribution in [0.2, 0.25) is 0 Å². The topological polar surface area (TPSA) is 75.7 Å². The van der Waals surface area contributed by atoms with Crippen molar-refractivity contribution in [1.29, 1.82) is 0 Å². The van der Waals surface area contributed by atoms with Gasteiger partial charge < -0.3 is 10.1 Å². The molecule has 3 rings (SSSR count). The first-order chi connectivity index (χ1) is 14.8. The Morgan fingerprint density at radius 3 is 2.16 bits per heavy atom. The highest BCUT2D eigenvalue weighted by atomic mass is 32.2. The highest BCUT2D eigenvalue weighted by molar-refractivity contribution is 7.92. The van der Waals surface area contributed by atoms with E-state index in [0.29, 0.717) is 17.9 Å². The van der Waals surface area contributed by atoms with Gasteiger partial charge in [0.05, 0.1) is 23.2 Å². The lowest BCUT2D eigenvalue weighted by molar-refractivity contribution is 0.0940. The van der Waals surface area contributed by atoms with Crippen molar-refractivity contribution >= 4 is 21.6 Å². The van der Waals surface area contributed by atoms with Crippen LogP contribution in [0.3, 0.4) is 0 Å². The summed E-state index contributed by atoms with van der Waals surface area (Å²) in [5.74, 6) is 0.552. The van der Waals surface area contributed by atoms with Gasteiger partial charge in [-0.2, -0.15) is 0 Å². The van der Waals surface area contributed by atoms with Crippen LogP contribution in [0.4, 0.5) is 5.69 Å². The molecule has 0 aromatic heterocycles. The van der Waals surface area contributed by atoms with Gasteiger partial charge in [-0.05, 0) is 67.9 Å². The summed E-state index contributed by atoms with van der Waals surface area (Å²) < 4.78 is 32.2. The van der Waals surface area contributed by atoms with Crippen LogP contribution < -0.4 is 14.4 Å². The van der Waals surface area contributed by atoms with Crippen molar-refractivity contribution in [2.75, 3.05) is 18.0 Å². The summed E-state index contributed by atoms with van der Waals surface area (Å²) in [6, 6.07) is 22.1. The predicted octanol–water partition coefficient (Wildman–Crippen LogP) is 4.40. The van der Waals surface area contributed by atoms with Gasteiger partial charge in [0, 0.05) is 12.6 Å². The fraction of sp³-hybridized carbons (Fsp3) is 0.208. The molecule has 0 saturated carbocycles. The number of benzene rings is 3. The summed E-state index contributed by atoms with van der Waals surface area (Å²) in [4.78, 5) is 12.8. The monoisotopic (exact) mass is 438 g/mol. The number of amides is 1. The number of nitrogens with zero attached hydrogens (tertiary/aromatic N) is 1. The molecule has 0 radical (unpaired) electrons. The number of carbonyl (C=O) groups excluding carboxylic acids is 1. The molecule has 0 aliphatic rings. The zero-order chi connectivity index (χ0) is 22.4. The molecule has 0 fully saturated rings. The van der Waals surface area contributed by atoms with E-state index in [9.17, 15) is 13.2 Å². The van der Waals surface area contributed by atoms with Crippen LogP contribution >= 0.6 is 0 Å². The molecule has 7 heteroatoms. The van der Waals surface area contributed by atoms with Crippen molar-refractivity contribution in [2.24, 2.45) is 0 Å². The van der Waals surface area contributed by atoms with E-state index in [4.69, 9.17) is 4.74 Å². The minimum atomic E-state index is -3.67. The Morgan fingerprint density at radius 1 is 0.968 bits per heavy atom. The lowest BCUT2D eigenvalue weighted by atomic mass is 10.1. The van der Waals surface area contributed by atoms with Crippen molar-refractivity contribution in [3.8, 4) is 5.75 Å². The fourth-order valence-corrected chi connectivity index (χ4v) is 4.31. The third-order valence-corrected chi connectivity index (χ3v) is 6.73. The molecule has 1 amide bonds. The molecule has 1 atom stereocenters. The number of carbonyl (C=O) groups is 1. The SMILES string of the molecule is CCOc1ccc([C@H](C)NC(=O)c2ccc(N(C)S(=O)(=O)c3ccccc3)cc2)cc1. The zero-order valence-electron chi connectivity index (χ0n) is 17.8.